The summed E-state index contributed by atoms with van der Waals surface area (Å²) in [5, 5.41) is 0. The van der Waals surface area contributed by atoms with Crippen molar-refractivity contribution in [3.8, 4) is 0 Å². The minimum Gasteiger partial charge on any atom is -0.0654 e. The summed E-state index contributed by atoms with van der Waals surface area (Å²) in [5.74, 6) is 0.997. The molecule has 0 fully saturated rings. The molecule has 0 aliphatic carbocycles. The number of hydrogen-bond donors (Lipinski definition) is 0. The van der Waals surface area contributed by atoms with Gasteiger partial charge in [-0.25, -0.2) is 0 Å². The number of unbranched alkanes of at least 4 members (excludes halogenated alkanes) is 22. The van der Waals surface area contributed by atoms with Crippen LogP contribution in [-0.2, 0) is 0 Å². The first-order valence-corrected chi connectivity index (χ1v) is 15.6. The van der Waals surface area contributed by atoms with Crippen LogP contribution in [0, 0.1) is 12.8 Å². The van der Waals surface area contributed by atoms with Gasteiger partial charge in [0.15, 0.2) is 0 Å². The first kappa shape index (κ1) is 32.0. The van der Waals surface area contributed by atoms with Gasteiger partial charge in [0.05, 0.1) is 0 Å². The van der Waals surface area contributed by atoms with Crippen molar-refractivity contribution in [2.24, 2.45) is 5.92 Å². The first-order valence-electron chi connectivity index (χ1n) is 15.6. The van der Waals surface area contributed by atoms with Crippen molar-refractivity contribution in [1.29, 1.82) is 0 Å². The summed E-state index contributed by atoms with van der Waals surface area (Å²) < 4.78 is 0. The topological polar surface area (TPSA) is 0 Å². The third-order valence-electron chi connectivity index (χ3n) is 7.54. The van der Waals surface area contributed by atoms with Crippen molar-refractivity contribution in [3.05, 3.63) is 6.92 Å². The third kappa shape index (κ3) is 26.3. The van der Waals surface area contributed by atoms with E-state index in [1.165, 1.54) is 173 Å². The van der Waals surface area contributed by atoms with Gasteiger partial charge in [0.25, 0.3) is 0 Å². The minimum atomic E-state index is 0.997. The van der Waals surface area contributed by atoms with Crippen molar-refractivity contribution in [2.45, 2.75) is 194 Å². The fourth-order valence-electron chi connectivity index (χ4n) is 5.22. The lowest BCUT2D eigenvalue weighted by Gasteiger charge is -2.16. The molecule has 0 aliphatic heterocycles. The van der Waals surface area contributed by atoms with Gasteiger partial charge in [0.1, 0.15) is 0 Å². The van der Waals surface area contributed by atoms with Crippen molar-refractivity contribution in [2.75, 3.05) is 0 Å². The normalized spacial score (nSPS) is 11.6. The highest BCUT2D eigenvalue weighted by atomic mass is 14.1. The van der Waals surface area contributed by atoms with Crippen LogP contribution in [0.25, 0.3) is 0 Å². The van der Waals surface area contributed by atoms with Crippen LogP contribution in [0.1, 0.15) is 194 Å². The third-order valence-corrected chi connectivity index (χ3v) is 7.54. The zero-order valence-electron chi connectivity index (χ0n) is 23.1. The van der Waals surface area contributed by atoms with Crippen LogP contribution in [-0.4, -0.2) is 0 Å². The summed E-state index contributed by atoms with van der Waals surface area (Å²) in [6, 6.07) is 0. The van der Waals surface area contributed by atoms with Crippen LogP contribution in [0.15, 0.2) is 0 Å². The maximum atomic E-state index is 4.03. The van der Waals surface area contributed by atoms with E-state index in [0.29, 0.717) is 0 Å². The fourth-order valence-corrected chi connectivity index (χ4v) is 5.22. The molecule has 0 rings (SSSR count). The molecule has 0 bridgehead atoms. The van der Waals surface area contributed by atoms with Gasteiger partial charge in [0.2, 0.25) is 0 Å². The Morgan fingerprint density at radius 3 is 0.969 bits per heavy atom. The summed E-state index contributed by atoms with van der Waals surface area (Å²) >= 11 is 0. The van der Waals surface area contributed by atoms with Crippen LogP contribution in [0.3, 0.4) is 0 Å². The summed E-state index contributed by atoms with van der Waals surface area (Å²) in [6.45, 7) is 8.66. The summed E-state index contributed by atoms with van der Waals surface area (Å²) in [7, 11) is 0. The van der Waals surface area contributed by atoms with E-state index in [4.69, 9.17) is 0 Å². The molecule has 0 aromatic rings. The van der Waals surface area contributed by atoms with Crippen molar-refractivity contribution in [3.63, 3.8) is 0 Å². The van der Waals surface area contributed by atoms with Gasteiger partial charge in [-0.1, -0.05) is 201 Å². The quantitative estimate of drug-likeness (QED) is 0.104. The van der Waals surface area contributed by atoms with E-state index in [-0.39, 0.29) is 0 Å². The van der Waals surface area contributed by atoms with Gasteiger partial charge >= 0.3 is 0 Å². The molecule has 193 valence electrons. The van der Waals surface area contributed by atoms with Crippen LogP contribution >= 0.6 is 0 Å². The minimum absolute atomic E-state index is 0.997. The van der Waals surface area contributed by atoms with Gasteiger partial charge in [-0.2, -0.15) is 0 Å². The number of hydrogen-bond acceptors (Lipinski definition) is 0. The molecule has 0 saturated heterocycles. The highest BCUT2D eigenvalue weighted by Gasteiger charge is 2.07. The predicted molar refractivity (Wildman–Crippen MR) is 149 cm³/mol. The standard InChI is InChI=1S/C32H65/c1-4-7-10-11-12-13-14-15-16-17-18-19-20-21-22-23-24-25-26-27-28-31-32(29-8-5-2)30-9-6-3/h32H,2,4-31H2,1,3H3. The highest BCUT2D eigenvalue weighted by Crippen LogP contribution is 2.23. The van der Waals surface area contributed by atoms with E-state index in [1.807, 2.05) is 0 Å². The van der Waals surface area contributed by atoms with E-state index in [1.54, 1.807) is 0 Å². The molecule has 0 spiro atoms. The van der Waals surface area contributed by atoms with Crippen molar-refractivity contribution >= 4 is 0 Å². The SMILES string of the molecule is [CH2]CCCC(CCCC)CCCCCCCCCCCCCCCCCCCCCCC. The molecule has 0 N–H and O–H groups in total. The molecule has 0 heteroatoms. The molecule has 0 aromatic heterocycles. The Hall–Kier alpha value is 0. The summed E-state index contributed by atoms with van der Waals surface area (Å²) in [6.07, 6.45) is 40.7. The lowest BCUT2D eigenvalue weighted by molar-refractivity contribution is 0.378. The van der Waals surface area contributed by atoms with Crippen LogP contribution in [0.5, 0.6) is 0 Å². The summed E-state index contributed by atoms with van der Waals surface area (Å²) in [5.41, 5.74) is 0. The monoisotopic (exact) mass is 450 g/mol. The molecule has 0 heterocycles. The second-order valence-electron chi connectivity index (χ2n) is 10.9. The van der Waals surface area contributed by atoms with Crippen LogP contribution in [0.4, 0.5) is 0 Å². The average molecular weight is 450 g/mol. The van der Waals surface area contributed by atoms with E-state index < -0.39 is 0 Å². The largest absolute Gasteiger partial charge is 0.0654 e. The van der Waals surface area contributed by atoms with Crippen LogP contribution in [0.2, 0.25) is 0 Å². The molecule has 32 heavy (non-hydrogen) atoms. The first-order chi connectivity index (χ1) is 15.8. The van der Waals surface area contributed by atoms with Gasteiger partial charge < -0.3 is 0 Å². The Balaban J connectivity index is 3.19. The lowest BCUT2D eigenvalue weighted by Crippen LogP contribution is -2.01. The summed E-state index contributed by atoms with van der Waals surface area (Å²) in [4.78, 5) is 0. The maximum absolute atomic E-state index is 4.03. The Kier molecular flexibility index (Phi) is 29.0. The van der Waals surface area contributed by atoms with Crippen molar-refractivity contribution in [1.82, 2.24) is 0 Å². The molecule has 0 amide bonds. The average Bonchev–Trinajstić information content (AvgIpc) is 2.81. The Bertz CT molecular complexity index is 299. The second kappa shape index (κ2) is 29.0. The fraction of sp³-hybridized carbons (Fsp3) is 0.969. The molecule has 0 aliphatic rings. The second-order valence-corrected chi connectivity index (χ2v) is 10.9. The Labute approximate surface area is 206 Å². The van der Waals surface area contributed by atoms with E-state index in [0.717, 1.165) is 12.3 Å². The smallest absolute Gasteiger partial charge is 0.0414 e. The van der Waals surface area contributed by atoms with Gasteiger partial charge in [0, 0.05) is 0 Å². The molecule has 1 atom stereocenters. The van der Waals surface area contributed by atoms with E-state index >= 15 is 0 Å². The predicted octanol–water partition coefficient (Wildman–Crippen LogP) is 12.4. The van der Waals surface area contributed by atoms with Gasteiger partial charge in [-0.3, -0.25) is 0 Å². The maximum Gasteiger partial charge on any atom is -0.0414 e. The lowest BCUT2D eigenvalue weighted by atomic mass is 9.90. The molecular weight excluding hydrogens is 384 g/mol. The molecular formula is C32H65. The molecule has 1 radical (unpaired) electrons. The van der Waals surface area contributed by atoms with Crippen LogP contribution < -0.4 is 0 Å². The molecule has 0 nitrogen and oxygen atoms in total. The Morgan fingerprint density at radius 2 is 0.625 bits per heavy atom. The zero-order chi connectivity index (χ0) is 23.4. The van der Waals surface area contributed by atoms with Gasteiger partial charge in [-0.15, -0.1) is 0 Å². The van der Waals surface area contributed by atoms with Gasteiger partial charge in [-0.05, 0) is 5.92 Å². The number of rotatable bonds is 28. The molecule has 1 unspecified atom stereocenters. The molecule has 0 aromatic carbocycles. The molecule has 0 saturated carbocycles. The van der Waals surface area contributed by atoms with E-state index in [9.17, 15) is 0 Å². The Morgan fingerprint density at radius 1 is 0.344 bits per heavy atom. The van der Waals surface area contributed by atoms with Crippen molar-refractivity contribution < 1.29 is 0 Å². The van der Waals surface area contributed by atoms with E-state index in [2.05, 4.69) is 20.8 Å². The zero-order valence-corrected chi connectivity index (χ0v) is 23.1. The highest BCUT2D eigenvalue weighted by molar-refractivity contribution is 4.61.